The quantitative estimate of drug-likeness (QED) is 0.706. The largest absolute Gasteiger partial charge is 0.376 e. The van der Waals surface area contributed by atoms with Crippen LogP contribution in [0, 0.1) is 0 Å². The van der Waals surface area contributed by atoms with E-state index >= 15 is 0 Å². The van der Waals surface area contributed by atoms with Gasteiger partial charge in [0.25, 0.3) is 5.91 Å². The molecule has 0 fully saturated rings. The summed E-state index contributed by atoms with van der Waals surface area (Å²) in [6, 6.07) is 14.5. The summed E-state index contributed by atoms with van der Waals surface area (Å²) in [5.74, 6) is -0.290. The maximum absolute atomic E-state index is 12.0. The summed E-state index contributed by atoms with van der Waals surface area (Å²) >= 11 is 3.35. The van der Waals surface area contributed by atoms with Crippen molar-refractivity contribution in [3.63, 3.8) is 0 Å². The van der Waals surface area contributed by atoms with Crippen LogP contribution in [0.2, 0.25) is 0 Å². The molecule has 24 heavy (non-hydrogen) atoms. The Kier molecular flexibility index (Phi) is 6.37. The highest BCUT2D eigenvalue weighted by Crippen LogP contribution is 2.14. The van der Waals surface area contributed by atoms with E-state index in [0.717, 1.165) is 15.8 Å². The summed E-state index contributed by atoms with van der Waals surface area (Å²) < 4.78 is 0.954. The van der Waals surface area contributed by atoms with E-state index in [1.165, 1.54) is 0 Å². The first-order valence-electron chi connectivity index (χ1n) is 7.64. The van der Waals surface area contributed by atoms with Crippen molar-refractivity contribution in [2.75, 3.05) is 17.2 Å². The van der Waals surface area contributed by atoms with Crippen LogP contribution in [0.4, 0.5) is 11.4 Å². The maximum Gasteiger partial charge on any atom is 0.251 e. The fourth-order valence-electron chi connectivity index (χ4n) is 2.04. The minimum absolute atomic E-state index is 0.0748. The minimum Gasteiger partial charge on any atom is -0.376 e. The zero-order valence-corrected chi connectivity index (χ0v) is 15.2. The molecule has 5 nitrogen and oxygen atoms in total. The molecule has 0 atom stereocenters. The Morgan fingerprint density at radius 1 is 1.04 bits per heavy atom. The van der Waals surface area contributed by atoms with Gasteiger partial charge < -0.3 is 16.0 Å². The Bertz CT molecular complexity index is 714. The Morgan fingerprint density at radius 3 is 2.42 bits per heavy atom. The van der Waals surface area contributed by atoms with E-state index in [2.05, 4.69) is 31.9 Å². The predicted octanol–water partition coefficient (Wildman–Crippen LogP) is 3.64. The highest BCUT2D eigenvalue weighted by Gasteiger charge is 2.08. The van der Waals surface area contributed by atoms with E-state index in [0.29, 0.717) is 5.56 Å². The number of amides is 2. The van der Waals surface area contributed by atoms with Crippen LogP contribution in [0.3, 0.4) is 0 Å². The molecule has 0 saturated carbocycles. The van der Waals surface area contributed by atoms with Gasteiger partial charge in [0.2, 0.25) is 5.91 Å². The van der Waals surface area contributed by atoms with Gasteiger partial charge in [-0.15, -0.1) is 0 Å². The minimum atomic E-state index is -0.158. The Morgan fingerprint density at radius 2 is 1.75 bits per heavy atom. The molecule has 0 spiro atoms. The molecule has 2 amide bonds. The molecular formula is C18H20BrN3O2. The van der Waals surface area contributed by atoms with Gasteiger partial charge in [0.1, 0.15) is 0 Å². The highest BCUT2D eigenvalue weighted by atomic mass is 79.9. The second kappa shape index (κ2) is 8.49. The number of benzene rings is 2. The lowest BCUT2D eigenvalue weighted by molar-refractivity contribution is -0.114. The van der Waals surface area contributed by atoms with Gasteiger partial charge in [-0.3, -0.25) is 9.59 Å². The van der Waals surface area contributed by atoms with Crippen LogP contribution in [0.25, 0.3) is 0 Å². The zero-order valence-electron chi connectivity index (χ0n) is 13.6. The van der Waals surface area contributed by atoms with Crippen molar-refractivity contribution in [3.8, 4) is 0 Å². The number of nitrogens with one attached hydrogen (secondary N) is 3. The molecule has 2 aromatic rings. The molecule has 3 N–H and O–H groups in total. The van der Waals surface area contributed by atoms with Gasteiger partial charge in [0.15, 0.2) is 0 Å². The number of carbonyl (C=O) groups is 2. The van der Waals surface area contributed by atoms with E-state index in [1.807, 2.05) is 44.2 Å². The second-order valence-electron chi connectivity index (χ2n) is 5.62. The van der Waals surface area contributed by atoms with Crippen molar-refractivity contribution in [3.05, 3.63) is 58.6 Å². The summed E-state index contributed by atoms with van der Waals surface area (Å²) in [6.07, 6.45) is 0. The van der Waals surface area contributed by atoms with Crippen LogP contribution in [0.5, 0.6) is 0 Å². The standard InChI is InChI=1S/C18H20BrN3O2/c1-12(2)21-18(24)13-4-3-5-16(10-13)20-11-17(23)22-15-8-6-14(19)7-9-15/h3-10,12,20H,11H2,1-2H3,(H,21,24)(H,22,23). The van der Waals surface area contributed by atoms with Crippen LogP contribution in [0.15, 0.2) is 53.0 Å². The average molecular weight is 390 g/mol. The number of rotatable bonds is 6. The normalized spacial score (nSPS) is 10.3. The van der Waals surface area contributed by atoms with Gasteiger partial charge in [-0.25, -0.2) is 0 Å². The van der Waals surface area contributed by atoms with E-state index in [4.69, 9.17) is 0 Å². The SMILES string of the molecule is CC(C)NC(=O)c1cccc(NCC(=O)Nc2ccc(Br)cc2)c1. The third-order valence-corrected chi connectivity index (χ3v) is 3.65. The number of hydrogen-bond acceptors (Lipinski definition) is 3. The molecule has 0 aliphatic heterocycles. The highest BCUT2D eigenvalue weighted by molar-refractivity contribution is 9.10. The molecule has 0 aliphatic rings. The lowest BCUT2D eigenvalue weighted by Crippen LogP contribution is -2.30. The molecule has 0 bridgehead atoms. The van der Waals surface area contributed by atoms with Crippen molar-refractivity contribution in [1.29, 1.82) is 0 Å². The van der Waals surface area contributed by atoms with Gasteiger partial charge in [0.05, 0.1) is 6.54 Å². The second-order valence-corrected chi connectivity index (χ2v) is 6.53. The van der Waals surface area contributed by atoms with E-state index in [9.17, 15) is 9.59 Å². The molecule has 2 rings (SSSR count). The Balaban J connectivity index is 1.90. The van der Waals surface area contributed by atoms with E-state index < -0.39 is 0 Å². The number of anilines is 2. The first-order valence-corrected chi connectivity index (χ1v) is 8.43. The lowest BCUT2D eigenvalue weighted by atomic mass is 10.1. The van der Waals surface area contributed by atoms with Crippen molar-refractivity contribution < 1.29 is 9.59 Å². The summed E-state index contributed by atoms with van der Waals surface area (Å²) in [5.41, 5.74) is 2.01. The molecule has 0 saturated heterocycles. The van der Waals surface area contributed by atoms with Crippen molar-refractivity contribution in [1.82, 2.24) is 5.32 Å². The van der Waals surface area contributed by atoms with Crippen LogP contribution < -0.4 is 16.0 Å². The van der Waals surface area contributed by atoms with Crippen LogP contribution in [0.1, 0.15) is 24.2 Å². The van der Waals surface area contributed by atoms with Gasteiger partial charge in [-0.2, -0.15) is 0 Å². The molecular weight excluding hydrogens is 370 g/mol. The lowest BCUT2D eigenvalue weighted by Gasteiger charge is -2.11. The summed E-state index contributed by atoms with van der Waals surface area (Å²) in [6.45, 7) is 3.93. The number of hydrogen-bond donors (Lipinski definition) is 3. The Labute approximate surface area is 150 Å². The molecule has 126 valence electrons. The zero-order chi connectivity index (χ0) is 17.5. The fraction of sp³-hybridized carbons (Fsp3) is 0.222. The first-order chi connectivity index (χ1) is 11.4. The summed E-state index contributed by atoms with van der Waals surface area (Å²) in [5, 5.41) is 8.66. The van der Waals surface area contributed by atoms with Gasteiger partial charge >= 0.3 is 0 Å². The van der Waals surface area contributed by atoms with Crippen molar-refractivity contribution >= 4 is 39.1 Å². The topological polar surface area (TPSA) is 70.2 Å². The molecule has 6 heteroatoms. The molecule has 0 aliphatic carbocycles. The third kappa shape index (κ3) is 5.70. The van der Waals surface area contributed by atoms with E-state index in [1.54, 1.807) is 18.2 Å². The summed E-state index contributed by atoms with van der Waals surface area (Å²) in [4.78, 5) is 24.0. The fourth-order valence-corrected chi connectivity index (χ4v) is 2.30. The molecule has 0 heterocycles. The molecule has 0 unspecified atom stereocenters. The molecule has 2 aromatic carbocycles. The van der Waals surface area contributed by atoms with Gasteiger partial charge in [-0.05, 0) is 56.3 Å². The van der Waals surface area contributed by atoms with E-state index in [-0.39, 0.29) is 24.4 Å². The van der Waals surface area contributed by atoms with Crippen molar-refractivity contribution in [2.45, 2.75) is 19.9 Å². The maximum atomic E-state index is 12.0. The number of halogens is 1. The predicted molar refractivity (Wildman–Crippen MR) is 100 cm³/mol. The van der Waals surface area contributed by atoms with Gasteiger partial charge in [0, 0.05) is 27.5 Å². The monoisotopic (exact) mass is 389 g/mol. The van der Waals surface area contributed by atoms with Gasteiger partial charge in [-0.1, -0.05) is 22.0 Å². The van der Waals surface area contributed by atoms with Crippen LogP contribution >= 0.6 is 15.9 Å². The average Bonchev–Trinajstić information content (AvgIpc) is 2.55. The third-order valence-electron chi connectivity index (χ3n) is 3.13. The van der Waals surface area contributed by atoms with Crippen molar-refractivity contribution in [2.24, 2.45) is 0 Å². The first kappa shape index (κ1) is 18.0. The Hall–Kier alpha value is -2.34. The molecule has 0 radical (unpaired) electrons. The number of carbonyl (C=O) groups excluding carboxylic acids is 2. The summed E-state index contributed by atoms with van der Waals surface area (Å²) in [7, 11) is 0. The van der Waals surface area contributed by atoms with Crippen LogP contribution in [-0.2, 0) is 4.79 Å². The molecule has 0 aromatic heterocycles. The smallest absolute Gasteiger partial charge is 0.251 e. The van der Waals surface area contributed by atoms with Crippen LogP contribution in [-0.4, -0.2) is 24.4 Å².